The Kier molecular flexibility index (Phi) is 6.23. The summed E-state index contributed by atoms with van der Waals surface area (Å²) in [5.74, 6) is 0.626. The molecule has 2 atom stereocenters. The average molecular weight is 261 g/mol. The molecule has 1 aromatic rings. The molecule has 0 saturated heterocycles. The van der Waals surface area contributed by atoms with E-state index in [1.165, 1.54) is 12.8 Å². The van der Waals surface area contributed by atoms with Crippen LogP contribution in [0, 0.1) is 5.92 Å². The molecule has 106 valence electrons. The zero-order valence-corrected chi connectivity index (χ0v) is 12.5. The molecule has 0 fully saturated rings. The second-order valence-corrected chi connectivity index (χ2v) is 5.61. The lowest BCUT2D eigenvalue weighted by Gasteiger charge is -2.26. The topological polar surface area (TPSA) is 43.1 Å². The molecule has 1 aromatic carbocycles. The summed E-state index contributed by atoms with van der Waals surface area (Å²) < 4.78 is 0. The van der Waals surface area contributed by atoms with E-state index in [1.54, 1.807) is 0 Å². The van der Waals surface area contributed by atoms with Crippen LogP contribution < -0.4 is 5.73 Å². The molecule has 1 rings (SSSR count). The van der Waals surface area contributed by atoms with Gasteiger partial charge in [0.2, 0.25) is 0 Å². The Morgan fingerprint density at radius 1 is 1.26 bits per heavy atom. The van der Waals surface area contributed by atoms with Crippen molar-refractivity contribution >= 4 is 5.78 Å². The lowest BCUT2D eigenvalue weighted by molar-refractivity contribution is -0.125. The van der Waals surface area contributed by atoms with E-state index in [0.29, 0.717) is 12.3 Å². The molecule has 0 aromatic heterocycles. The number of benzene rings is 1. The highest BCUT2D eigenvalue weighted by atomic mass is 16.1. The Hall–Kier alpha value is -1.15. The molecule has 0 aliphatic carbocycles. The fraction of sp³-hybridized carbons (Fsp3) is 0.588. The fourth-order valence-corrected chi connectivity index (χ4v) is 2.36. The summed E-state index contributed by atoms with van der Waals surface area (Å²) in [5.41, 5.74) is 6.31. The second kappa shape index (κ2) is 7.44. The minimum atomic E-state index is -0.860. The number of unbranched alkanes of at least 4 members (excludes halogenated alkanes) is 1. The van der Waals surface area contributed by atoms with Gasteiger partial charge in [0.15, 0.2) is 5.78 Å². The van der Waals surface area contributed by atoms with Crippen molar-refractivity contribution in [2.24, 2.45) is 11.7 Å². The molecule has 0 spiro atoms. The largest absolute Gasteiger partial charge is 0.315 e. The van der Waals surface area contributed by atoms with Crippen LogP contribution in [0.1, 0.15) is 58.4 Å². The van der Waals surface area contributed by atoms with Crippen LogP contribution in [-0.4, -0.2) is 5.78 Å². The Morgan fingerprint density at radius 3 is 2.42 bits per heavy atom. The molecular weight excluding hydrogens is 234 g/mol. The molecule has 0 heterocycles. The number of rotatable bonds is 8. The molecule has 0 amide bonds. The standard InChI is InChI=1S/C17H27NO/c1-4-6-10-14(5-2)13-16(19)17(3,18)15-11-8-7-9-12-15/h7-9,11-12,14H,4-6,10,13,18H2,1-3H3. The minimum absolute atomic E-state index is 0.154. The molecule has 2 N–H and O–H groups in total. The van der Waals surface area contributed by atoms with Gasteiger partial charge in [0, 0.05) is 6.42 Å². The van der Waals surface area contributed by atoms with Crippen molar-refractivity contribution in [1.82, 2.24) is 0 Å². The summed E-state index contributed by atoms with van der Waals surface area (Å²) in [6.07, 6.45) is 5.15. The van der Waals surface area contributed by atoms with Crippen LogP contribution in [0.25, 0.3) is 0 Å². The predicted molar refractivity (Wildman–Crippen MR) is 80.9 cm³/mol. The van der Waals surface area contributed by atoms with Gasteiger partial charge in [-0.3, -0.25) is 4.79 Å². The van der Waals surface area contributed by atoms with Gasteiger partial charge in [-0.05, 0) is 18.4 Å². The number of ketones is 1. The van der Waals surface area contributed by atoms with Crippen LogP contribution >= 0.6 is 0 Å². The Labute approximate surface area is 117 Å². The summed E-state index contributed by atoms with van der Waals surface area (Å²) in [4.78, 5) is 12.5. The number of nitrogens with two attached hydrogens (primary N) is 1. The molecule has 0 aliphatic rings. The lowest BCUT2D eigenvalue weighted by atomic mass is 9.82. The summed E-state index contributed by atoms with van der Waals surface area (Å²) in [6.45, 7) is 6.17. The molecule has 2 heteroatoms. The molecule has 0 radical (unpaired) electrons. The molecule has 19 heavy (non-hydrogen) atoms. The monoisotopic (exact) mass is 261 g/mol. The van der Waals surface area contributed by atoms with Gasteiger partial charge in [0.1, 0.15) is 0 Å². The normalized spacial score (nSPS) is 15.8. The van der Waals surface area contributed by atoms with Crippen molar-refractivity contribution in [2.45, 2.75) is 58.4 Å². The summed E-state index contributed by atoms with van der Waals surface area (Å²) in [6, 6.07) is 9.68. The van der Waals surface area contributed by atoms with Gasteiger partial charge in [-0.2, -0.15) is 0 Å². The SMILES string of the molecule is CCCCC(CC)CC(=O)C(C)(N)c1ccccc1. The van der Waals surface area contributed by atoms with Crippen molar-refractivity contribution in [3.05, 3.63) is 35.9 Å². The van der Waals surface area contributed by atoms with Crippen LogP contribution in [0.4, 0.5) is 0 Å². The van der Waals surface area contributed by atoms with Gasteiger partial charge in [-0.25, -0.2) is 0 Å². The van der Waals surface area contributed by atoms with Crippen LogP contribution in [0.15, 0.2) is 30.3 Å². The minimum Gasteiger partial charge on any atom is -0.315 e. The first-order valence-corrected chi connectivity index (χ1v) is 7.40. The summed E-state index contributed by atoms with van der Waals surface area (Å²) in [5, 5.41) is 0. The second-order valence-electron chi connectivity index (χ2n) is 5.61. The third-order valence-electron chi connectivity index (χ3n) is 3.97. The number of carbonyl (C=O) groups excluding carboxylic acids is 1. The maximum atomic E-state index is 12.5. The van der Waals surface area contributed by atoms with E-state index in [0.717, 1.165) is 18.4 Å². The van der Waals surface area contributed by atoms with Gasteiger partial charge >= 0.3 is 0 Å². The highest BCUT2D eigenvalue weighted by Crippen LogP contribution is 2.25. The maximum absolute atomic E-state index is 12.5. The average Bonchev–Trinajstić information content (AvgIpc) is 2.44. The van der Waals surface area contributed by atoms with Gasteiger partial charge in [0.05, 0.1) is 5.54 Å². The van der Waals surface area contributed by atoms with E-state index in [-0.39, 0.29) is 5.78 Å². The van der Waals surface area contributed by atoms with Gasteiger partial charge in [0.25, 0.3) is 0 Å². The van der Waals surface area contributed by atoms with Crippen molar-refractivity contribution in [1.29, 1.82) is 0 Å². The lowest BCUT2D eigenvalue weighted by Crippen LogP contribution is -2.42. The Morgan fingerprint density at radius 2 is 1.89 bits per heavy atom. The highest BCUT2D eigenvalue weighted by molar-refractivity contribution is 5.89. The zero-order valence-electron chi connectivity index (χ0n) is 12.5. The fourth-order valence-electron chi connectivity index (χ4n) is 2.36. The molecule has 2 nitrogen and oxygen atoms in total. The van der Waals surface area contributed by atoms with E-state index in [1.807, 2.05) is 37.3 Å². The third kappa shape index (κ3) is 4.46. The van der Waals surface area contributed by atoms with Crippen molar-refractivity contribution in [2.75, 3.05) is 0 Å². The van der Waals surface area contributed by atoms with Gasteiger partial charge < -0.3 is 5.73 Å². The third-order valence-corrected chi connectivity index (χ3v) is 3.97. The van der Waals surface area contributed by atoms with Crippen molar-refractivity contribution in [3.8, 4) is 0 Å². The van der Waals surface area contributed by atoms with Crippen LogP contribution in [-0.2, 0) is 10.3 Å². The van der Waals surface area contributed by atoms with Crippen LogP contribution in [0.5, 0.6) is 0 Å². The number of carbonyl (C=O) groups is 1. The van der Waals surface area contributed by atoms with Crippen molar-refractivity contribution < 1.29 is 4.79 Å². The quantitative estimate of drug-likeness (QED) is 0.767. The molecule has 2 unspecified atom stereocenters. The van der Waals surface area contributed by atoms with E-state index in [2.05, 4.69) is 13.8 Å². The molecule has 0 bridgehead atoms. The number of Topliss-reactive ketones (excluding diaryl/α,β-unsaturated/α-hetero) is 1. The molecule has 0 aliphatic heterocycles. The van der Waals surface area contributed by atoms with E-state index < -0.39 is 5.54 Å². The van der Waals surface area contributed by atoms with Crippen molar-refractivity contribution in [3.63, 3.8) is 0 Å². The van der Waals surface area contributed by atoms with E-state index in [9.17, 15) is 4.79 Å². The predicted octanol–water partition coefficient (Wildman–Crippen LogP) is 4.04. The smallest absolute Gasteiger partial charge is 0.157 e. The van der Waals surface area contributed by atoms with Gasteiger partial charge in [-0.15, -0.1) is 0 Å². The van der Waals surface area contributed by atoms with Crippen LogP contribution in [0.3, 0.4) is 0 Å². The molecular formula is C17H27NO. The number of hydrogen-bond donors (Lipinski definition) is 1. The van der Waals surface area contributed by atoms with Crippen LogP contribution in [0.2, 0.25) is 0 Å². The first-order valence-electron chi connectivity index (χ1n) is 7.40. The first-order chi connectivity index (χ1) is 9.02. The van der Waals surface area contributed by atoms with E-state index in [4.69, 9.17) is 5.73 Å². The Balaban J connectivity index is 2.70. The summed E-state index contributed by atoms with van der Waals surface area (Å²) in [7, 11) is 0. The maximum Gasteiger partial charge on any atom is 0.157 e. The zero-order chi connectivity index (χ0) is 14.3. The summed E-state index contributed by atoms with van der Waals surface area (Å²) >= 11 is 0. The first kappa shape index (κ1) is 15.9. The molecule has 0 saturated carbocycles. The highest BCUT2D eigenvalue weighted by Gasteiger charge is 2.31. The number of hydrogen-bond acceptors (Lipinski definition) is 2. The van der Waals surface area contributed by atoms with Gasteiger partial charge in [-0.1, -0.05) is 69.9 Å². The Bertz CT molecular complexity index is 384. The van der Waals surface area contributed by atoms with E-state index >= 15 is 0 Å².